The van der Waals surface area contributed by atoms with Gasteiger partial charge in [-0.3, -0.25) is 0 Å². The quantitative estimate of drug-likeness (QED) is 0.705. The van der Waals surface area contributed by atoms with Gasteiger partial charge >= 0.3 is 0 Å². The van der Waals surface area contributed by atoms with Crippen LogP contribution in [-0.2, 0) is 0 Å². The maximum Gasteiger partial charge on any atom is 0.0537 e. The van der Waals surface area contributed by atoms with E-state index < -0.39 is 0 Å². The van der Waals surface area contributed by atoms with Crippen LogP contribution < -0.4 is 0 Å². The number of allylic oxidation sites excluding steroid dienone is 4. The van der Waals surface area contributed by atoms with Gasteiger partial charge < -0.3 is 5.11 Å². The molecule has 1 heteroatoms. The van der Waals surface area contributed by atoms with Gasteiger partial charge in [0.2, 0.25) is 0 Å². The summed E-state index contributed by atoms with van der Waals surface area (Å²) >= 11 is 0. The van der Waals surface area contributed by atoms with E-state index in [2.05, 4.69) is 32.1 Å². The van der Waals surface area contributed by atoms with Gasteiger partial charge in [0.25, 0.3) is 0 Å². The van der Waals surface area contributed by atoms with E-state index in [4.69, 9.17) is 0 Å². The molecular weight excluding hydrogens is 160 g/mol. The lowest BCUT2D eigenvalue weighted by molar-refractivity contribution is 0.123. The third-order valence-electron chi connectivity index (χ3n) is 2.98. The summed E-state index contributed by atoms with van der Waals surface area (Å²) in [5.41, 5.74) is 1.51. The Morgan fingerprint density at radius 3 is 2.54 bits per heavy atom. The highest BCUT2D eigenvalue weighted by Gasteiger charge is 2.16. The van der Waals surface area contributed by atoms with Crippen molar-refractivity contribution in [3.63, 3.8) is 0 Å². The number of aliphatic hydroxyl groups excluding tert-OH is 1. The van der Waals surface area contributed by atoms with Crippen LogP contribution in [0.4, 0.5) is 0 Å². The van der Waals surface area contributed by atoms with Crippen LogP contribution in [-0.4, -0.2) is 11.2 Å². The third kappa shape index (κ3) is 3.00. The second-order valence-corrected chi connectivity index (χ2v) is 4.23. The minimum atomic E-state index is -0.183. The predicted molar refractivity (Wildman–Crippen MR) is 56.5 cm³/mol. The highest BCUT2D eigenvalue weighted by atomic mass is 16.3. The van der Waals surface area contributed by atoms with Gasteiger partial charge in [-0.15, -0.1) is 0 Å². The van der Waals surface area contributed by atoms with Gasteiger partial charge in [0.15, 0.2) is 0 Å². The van der Waals surface area contributed by atoms with Crippen LogP contribution in [0.5, 0.6) is 0 Å². The molecule has 0 amide bonds. The van der Waals surface area contributed by atoms with Gasteiger partial charge in [-0.2, -0.15) is 0 Å². The molecule has 0 aromatic rings. The Labute approximate surface area is 81.2 Å². The molecule has 0 aromatic heterocycles. The Balaban J connectivity index is 2.37. The van der Waals surface area contributed by atoms with Gasteiger partial charge in [0.1, 0.15) is 0 Å². The van der Waals surface area contributed by atoms with E-state index in [1.807, 2.05) is 6.92 Å². The SMILES string of the molecule is CC(CC(C)C(C)O)C1=CC=CC1. The first kappa shape index (κ1) is 10.5. The summed E-state index contributed by atoms with van der Waals surface area (Å²) in [7, 11) is 0. The second-order valence-electron chi connectivity index (χ2n) is 4.23. The largest absolute Gasteiger partial charge is 0.393 e. The maximum absolute atomic E-state index is 9.38. The molecule has 1 aliphatic carbocycles. The molecule has 1 aliphatic rings. The average molecular weight is 180 g/mol. The van der Waals surface area contributed by atoms with Crippen LogP contribution >= 0.6 is 0 Å². The first-order valence-electron chi connectivity index (χ1n) is 5.15. The van der Waals surface area contributed by atoms with Crippen LogP contribution in [0.1, 0.15) is 33.6 Å². The van der Waals surface area contributed by atoms with Gasteiger partial charge in [-0.25, -0.2) is 0 Å². The molecule has 1 nitrogen and oxygen atoms in total. The summed E-state index contributed by atoms with van der Waals surface area (Å²) in [4.78, 5) is 0. The lowest BCUT2D eigenvalue weighted by atomic mass is 9.88. The number of hydrogen-bond acceptors (Lipinski definition) is 1. The summed E-state index contributed by atoms with van der Waals surface area (Å²) in [5.74, 6) is 1.01. The van der Waals surface area contributed by atoms with E-state index in [0.717, 1.165) is 12.8 Å². The summed E-state index contributed by atoms with van der Waals surface area (Å²) in [5, 5.41) is 9.38. The average Bonchev–Trinajstić information content (AvgIpc) is 2.55. The maximum atomic E-state index is 9.38. The van der Waals surface area contributed by atoms with Crippen LogP contribution in [0.25, 0.3) is 0 Å². The topological polar surface area (TPSA) is 20.2 Å². The first-order valence-corrected chi connectivity index (χ1v) is 5.15. The van der Waals surface area contributed by atoms with Crippen molar-refractivity contribution >= 4 is 0 Å². The van der Waals surface area contributed by atoms with Crippen LogP contribution in [0.2, 0.25) is 0 Å². The molecular formula is C12H20O. The Bertz CT molecular complexity index is 213. The van der Waals surface area contributed by atoms with Crippen molar-refractivity contribution in [3.05, 3.63) is 23.8 Å². The fraction of sp³-hybridized carbons (Fsp3) is 0.667. The standard InChI is InChI=1S/C12H20O/c1-9(11(3)13)8-10(2)12-6-4-5-7-12/h4-6,9-11,13H,7-8H2,1-3H3. The molecule has 3 unspecified atom stereocenters. The molecule has 13 heavy (non-hydrogen) atoms. The van der Waals surface area contributed by atoms with Crippen molar-refractivity contribution < 1.29 is 5.11 Å². The predicted octanol–water partition coefficient (Wildman–Crippen LogP) is 2.92. The van der Waals surface area contributed by atoms with E-state index >= 15 is 0 Å². The molecule has 0 saturated heterocycles. The highest BCUT2D eigenvalue weighted by molar-refractivity contribution is 5.24. The normalized spacial score (nSPS) is 22.6. The minimum Gasteiger partial charge on any atom is -0.393 e. The molecule has 3 atom stereocenters. The summed E-state index contributed by atoms with van der Waals surface area (Å²) < 4.78 is 0. The second kappa shape index (κ2) is 4.61. The van der Waals surface area contributed by atoms with E-state index in [1.54, 1.807) is 0 Å². The summed E-state index contributed by atoms with van der Waals surface area (Å²) in [6.07, 6.45) is 8.54. The van der Waals surface area contributed by atoms with Gasteiger partial charge in [-0.05, 0) is 31.6 Å². The molecule has 0 bridgehead atoms. The van der Waals surface area contributed by atoms with Crippen molar-refractivity contribution in [3.8, 4) is 0 Å². The van der Waals surface area contributed by atoms with Gasteiger partial charge in [0, 0.05) is 0 Å². The Morgan fingerprint density at radius 2 is 2.08 bits per heavy atom. The van der Waals surface area contributed by atoms with Gasteiger partial charge in [-0.1, -0.05) is 37.6 Å². The number of hydrogen-bond donors (Lipinski definition) is 1. The van der Waals surface area contributed by atoms with Gasteiger partial charge in [0.05, 0.1) is 6.10 Å². The molecule has 0 saturated carbocycles. The summed E-state index contributed by atoms with van der Waals surface area (Å²) in [6, 6.07) is 0. The molecule has 0 spiro atoms. The van der Waals surface area contributed by atoms with Crippen molar-refractivity contribution in [2.45, 2.75) is 39.7 Å². The fourth-order valence-electron chi connectivity index (χ4n) is 1.74. The Hall–Kier alpha value is -0.560. The molecule has 0 radical (unpaired) electrons. The Kier molecular flexibility index (Phi) is 3.73. The lowest BCUT2D eigenvalue weighted by Crippen LogP contribution is -2.16. The van der Waals surface area contributed by atoms with Crippen molar-refractivity contribution in [1.82, 2.24) is 0 Å². The number of aliphatic hydroxyl groups is 1. The smallest absolute Gasteiger partial charge is 0.0537 e. The van der Waals surface area contributed by atoms with Crippen molar-refractivity contribution in [1.29, 1.82) is 0 Å². The fourth-order valence-corrected chi connectivity index (χ4v) is 1.74. The van der Waals surface area contributed by atoms with Crippen LogP contribution in [0.3, 0.4) is 0 Å². The monoisotopic (exact) mass is 180 g/mol. The zero-order valence-corrected chi connectivity index (χ0v) is 8.83. The van der Waals surface area contributed by atoms with Crippen molar-refractivity contribution in [2.24, 2.45) is 11.8 Å². The minimum absolute atomic E-state index is 0.183. The van der Waals surface area contributed by atoms with E-state index in [-0.39, 0.29) is 6.10 Å². The summed E-state index contributed by atoms with van der Waals surface area (Å²) in [6.45, 7) is 6.24. The zero-order valence-electron chi connectivity index (χ0n) is 8.83. The lowest BCUT2D eigenvalue weighted by Gasteiger charge is -2.20. The molecule has 1 rings (SSSR count). The van der Waals surface area contributed by atoms with E-state index in [9.17, 15) is 5.11 Å². The third-order valence-corrected chi connectivity index (χ3v) is 2.98. The van der Waals surface area contributed by atoms with Crippen LogP contribution in [0.15, 0.2) is 23.8 Å². The van der Waals surface area contributed by atoms with E-state index in [1.165, 1.54) is 5.57 Å². The molecule has 0 heterocycles. The Morgan fingerprint density at radius 1 is 1.38 bits per heavy atom. The zero-order chi connectivity index (χ0) is 9.84. The molecule has 74 valence electrons. The first-order chi connectivity index (χ1) is 6.11. The highest BCUT2D eigenvalue weighted by Crippen LogP contribution is 2.26. The molecule has 0 aromatic carbocycles. The van der Waals surface area contributed by atoms with E-state index in [0.29, 0.717) is 11.8 Å². The van der Waals surface area contributed by atoms with Crippen molar-refractivity contribution in [2.75, 3.05) is 0 Å². The molecule has 0 aliphatic heterocycles. The number of rotatable bonds is 4. The van der Waals surface area contributed by atoms with Crippen LogP contribution in [0, 0.1) is 11.8 Å². The molecule has 0 fully saturated rings. The molecule has 1 N–H and O–H groups in total.